The van der Waals surface area contributed by atoms with Crippen LogP contribution in [0.3, 0.4) is 0 Å². The number of nitrogens with one attached hydrogen (secondary N) is 1. The number of amides is 1. The Bertz CT molecular complexity index is 1190. The highest BCUT2D eigenvalue weighted by atomic mass is 35.5. The third kappa shape index (κ3) is 3.56. The maximum Gasteiger partial charge on any atom is 0.291 e. The fourth-order valence-corrected chi connectivity index (χ4v) is 3.58. The van der Waals surface area contributed by atoms with E-state index in [1.54, 1.807) is 19.2 Å². The molecule has 0 aliphatic carbocycles. The average Bonchev–Trinajstić information content (AvgIpc) is 3.20. The molecular weight excluding hydrogens is 421 g/mol. The van der Waals surface area contributed by atoms with Gasteiger partial charge in [0.25, 0.3) is 5.24 Å². The van der Waals surface area contributed by atoms with Crippen LogP contribution in [0.15, 0.2) is 41.6 Å². The number of rotatable bonds is 3. The average molecular weight is 434 g/mol. The molecule has 0 atom stereocenters. The number of aryl methyl sites for hydroxylation is 2. The summed E-state index contributed by atoms with van der Waals surface area (Å²) in [4.78, 5) is 16.8. The Balaban J connectivity index is 1.55. The lowest BCUT2D eigenvalue weighted by Crippen LogP contribution is -2.06. The monoisotopic (exact) mass is 433 g/mol. The van der Waals surface area contributed by atoms with E-state index in [-0.39, 0.29) is 5.24 Å². The first-order valence-corrected chi connectivity index (χ1v) is 9.62. The van der Waals surface area contributed by atoms with Crippen molar-refractivity contribution in [3.63, 3.8) is 0 Å². The summed E-state index contributed by atoms with van der Waals surface area (Å²) < 4.78 is 3.37. The number of fused-ring (bicyclic) bond motifs is 1. The summed E-state index contributed by atoms with van der Waals surface area (Å²) in [5.74, 6) is 0.769. The second-order valence-corrected chi connectivity index (χ2v) is 7.68. The molecule has 4 rings (SSSR count). The number of carbonyl (C=O) groups excluding carboxylic acids is 1. The number of tetrazole rings is 1. The van der Waals surface area contributed by atoms with Crippen molar-refractivity contribution in [3.05, 3.63) is 46.4 Å². The molecule has 0 unspecified atom stereocenters. The van der Waals surface area contributed by atoms with Gasteiger partial charge < -0.3 is 9.88 Å². The quantitative estimate of drug-likeness (QED) is 0.481. The highest BCUT2D eigenvalue weighted by molar-refractivity contribution is 8.13. The molecule has 11 heteroatoms. The number of aromatic nitrogens is 6. The van der Waals surface area contributed by atoms with E-state index in [0.717, 1.165) is 34.2 Å². The zero-order chi connectivity index (χ0) is 19.8. The van der Waals surface area contributed by atoms with Crippen molar-refractivity contribution in [2.75, 3.05) is 5.32 Å². The van der Waals surface area contributed by atoms with Crippen molar-refractivity contribution in [1.82, 2.24) is 29.8 Å². The van der Waals surface area contributed by atoms with Gasteiger partial charge in [0.05, 0.1) is 21.1 Å². The highest BCUT2D eigenvalue weighted by Gasteiger charge is 2.14. The second kappa shape index (κ2) is 7.42. The maximum atomic E-state index is 12.1. The fourth-order valence-electron chi connectivity index (χ4n) is 2.68. The van der Waals surface area contributed by atoms with Gasteiger partial charge in [-0.1, -0.05) is 23.2 Å². The molecule has 1 N–H and O–H groups in total. The first kappa shape index (κ1) is 18.7. The van der Waals surface area contributed by atoms with E-state index in [4.69, 9.17) is 23.2 Å². The van der Waals surface area contributed by atoms with Crippen LogP contribution in [0.25, 0.3) is 22.4 Å². The molecule has 1 amide bonds. The molecule has 0 spiro atoms. The summed E-state index contributed by atoms with van der Waals surface area (Å²) in [7, 11) is 3.58. The molecule has 2 aromatic carbocycles. The largest absolute Gasteiger partial charge is 0.327 e. The van der Waals surface area contributed by atoms with Gasteiger partial charge in [-0.2, -0.15) is 0 Å². The molecule has 0 aliphatic rings. The molecule has 8 nitrogen and oxygen atoms in total. The van der Waals surface area contributed by atoms with E-state index in [1.165, 1.54) is 4.68 Å². The second-order valence-electron chi connectivity index (χ2n) is 5.93. The van der Waals surface area contributed by atoms with Crippen molar-refractivity contribution in [1.29, 1.82) is 0 Å². The van der Waals surface area contributed by atoms with Gasteiger partial charge in [-0.15, -0.1) is 5.10 Å². The van der Waals surface area contributed by atoms with Crippen LogP contribution in [-0.2, 0) is 14.1 Å². The number of hydrogen-bond acceptors (Lipinski definition) is 6. The number of halogens is 2. The molecule has 0 saturated carbocycles. The van der Waals surface area contributed by atoms with Crippen LogP contribution in [-0.4, -0.2) is 35.0 Å². The number of thioether (sulfide) groups is 1. The van der Waals surface area contributed by atoms with Gasteiger partial charge in [0.15, 0.2) is 0 Å². The topological polar surface area (TPSA) is 90.5 Å². The number of hydrogen-bond donors (Lipinski definition) is 1. The summed E-state index contributed by atoms with van der Waals surface area (Å²) in [5, 5.41) is 14.8. The molecule has 0 radical (unpaired) electrons. The lowest BCUT2D eigenvalue weighted by atomic mass is 10.2. The molecule has 4 aromatic rings. The van der Waals surface area contributed by atoms with E-state index in [2.05, 4.69) is 25.8 Å². The lowest BCUT2D eigenvalue weighted by Gasteiger charge is -2.06. The zero-order valence-electron chi connectivity index (χ0n) is 14.7. The minimum atomic E-state index is -0.280. The third-order valence-corrected chi connectivity index (χ3v) is 5.62. The molecule has 0 saturated heterocycles. The van der Waals surface area contributed by atoms with Crippen LogP contribution in [0.4, 0.5) is 10.5 Å². The normalized spacial score (nSPS) is 11.1. The van der Waals surface area contributed by atoms with Crippen LogP contribution < -0.4 is 5.32 Å². The van der Waals surface area contributed by atoms with Crippen molar-refractivity contribution in [2.45, 2.75) is 5.16 Å². The summed E-state index contributed by atoms with van der Waals surface area (Å²) in [6.45, 7) is 0. The van der Waals surface area contributed by atoms with Crippen LogP contribution in [0.5, 0.6) is 0 Å². The van der Waals surface area contributed by atoms with Gasteiger partial charge in [-0.05, 0) is 46.8 Å². The number of nitrogens with zero attached hydrogens (tertiary/aromatic N) is 6. The van der Waals surface area contributed by atoms with Gasteiger partial charge in [0, 0.05) is 37.1 Å². The molecule has 0 bridgehead atoms. The van der Waals surface area contributed by atoms with Crippen LogP contribution in [0.1, 0.15) is 0 Å². The molecule has 0 aliphatic heterocycles. The van der Waals surface area contributed by atoms with E-state index in [9.17, 15) is 4.79 Å². The minimum absolute atomic E-state index is 0.280. The predicted molar refractivity (Wildman–Crippen MR) is 110 cm³/mol. The Morgan fingerprint density at radius 1 is 1.11 bits per heavy atom. The van der Waals surface area contributed by atoms with E-state index >= 15 is 0 Å². The van der Waals surface area contributed by atoms with Crippen molar-refractivity contribution < 1.29 is 4.79 Å². The Kier molecular flexibility index (Phi) is 4.96. The Labute approximate surface area is 173 Å². The minimum Gasteiger partial charge on any atom is -0.327 e. The molecule has 0 fully saturated rings. The number of imidazole rings is 1. The van der Waals surface area contributed by atoms with Crippen LogP contribution >= 0.6 is 35.0 Å². The van der Waals surface area contributed by atoms with Crippen molar-refractivity contribution >= 4 is 56.9 Å². The fraction of sp³-hybridized carbons (Fsp3) is 0.118. The Morgan fingerprint density at radius 3 is 2.50 bits per heavy atom. The smallest absolute Gasteiger partial charge is 0.291 e. The zero-order valence-corrected chi connectivity index (χ0v) is 17.0. The molecule has 2 aromatic heterocycles. The van der Waals surface area contributed by atoms with E-state index in [1.807, 2.05) is 35.9 Å². The maximum absolute atomic E-state index is 12.1. The molecule has 2 heterocycles. The Hall–Kier alpha value is -2.62. The molecular formula is C17H13Cl2N7OS. The van der Waals surface area contributed by atoms with Crippen LogP contribution in [0, 0.1) is 0 Å². The summed E-state index contributed by atoms with van der Waals surface area (Å²) >= 11 is 13.1. The molecule has 142 valence electrons. The SMILES string of the molecule is Cn1nnnc1SC(=O)Nc1ccc(-c2nc3cc(Cl)c(Cl)cc3n2C)cc1. The molecule has 28 heavy (non-hydrogen) atoms. The number of anilines is 1. The predicted octanol–water partition coefficient (Wildman–Crippen LogP) is 4.39. The lowest BCUT2D eigenvalue weighted by molar-refractivity contribution is 0.269. The standard InChI is InChI=1S/C17H13Cl2N7OS/c1-25-14-8-12(19)11(18)7-13(14)21-15(25)9-3-5-10(6-4-9)20-17(27)28-16-22-23-24-26(16)2/h3-8H,1-2H3,(H,20,27). The van der Waals surface area contributed by atoms with E-state index in [0.29, 0.717) is 20.9 Å². The summed E-state index contributed by atoms with van der Waals surface area (Å²) in [5.41, 5.74) is 3.20. The van der Waals surface area contributed by atoms with Gasteiger partial charge in [0.2, 0.25) is 5.16 Å². The Morgan fingerprint density at radius 2 is 1.82 bits per heavy atom. The van der Waals surface area contributed by atoms with Gasteiger partial charge in [0.1, 0.15) is 5.82 Å². The van der Waals surface area contributed by atoms with Crippen molar-refractivity contribution in [2.24, 2.45) is 14.1 Å². The summed E-state index contributed by atoms with van der Waals surface area (Å²) in [6.07, 6.45) is 0. The van der Waals surface area contributed by atoms with Gasteiger partial charge in [-0.3, -0.25) is 4.79 Å². The highest BCUT2D eigenvalue weighted by Crippen LogP contribution is 2.31. The van der Waals surface area contributed by atoms with Gasteiger partial charge in [-0.25, -0.2) is 9.67 Å². The van der Waals surface area contributed by atoms with E-state index < -0.39 is 0 Å². The van der Waals surface area contributed by atoms with Crippen LogP contribution in [0.2, 0.25) is 10.0 Å². The summed E-state index contributed by atoms with van der Waals surface area (Å²) in [6, 6.07) is 10.9. The van der Waals surface area contributed by atoms with Crippen molar-refractivity contribution in [3.8, 4) is 11.4 Å². The number of benzene rings is 2. The number of carbonyl (C=O) groups is 1. The first-order valence-electron chi connectivity index (χ1n) is 8.05. The van der Waals surface area contributed by atoms with Gasteiger partial charge >= 0.3 is 0 Å². The first-order chi connectivity index (χ1) is 13.4. The third-order valence-electron chi connectivity index (χ3n) is 4.08.